The van der Waals surface area contributed by atoms with Gasteiger partial charge in [-0.1, -0.05) is 38.5 Å². The van der Waals surface area contributed by atoms with E-state index < -0.39 is 11.9 Å². The van der Waals surface area contributed by atoms with E-state index in [0.29, 0.717) is 12.8 Å². The summed E-state index contributed by atoms with van der Waals surface area (Å²) in [5, 5.41) is 20.2. The molecule has 0 aromatic heterocycles. The van der Waals surface area contributed by atoms with Crippen LogP contribution in [0.3, 0.4) is 0 Å². The molecule has 0 bridgehead atoms. The zero-order valence-corrected chi connectivity index (χ0v) is 11.7. The third-order valence-corrected chi connectivity index (χ3v) is 2.51. The Labute approximate surface area is 133 Å². The van der Waals surface area contributed by atoms with Crippen molar-refractivity contribution < 1.29 is 57.5 Å². The molecule has 0 fully saturated rings. The molecule has 0 spiro atoms. The maximum Gasteiger partial charge on any atom is 1.00 e. The quantitative estimate of drug-likeness (QED) is 0.267. The molecule has 0 rings (SSSR count). The van der Waals surface area contributed by atoms with Gasteiger partial charge in [-0.3, -0.25) is 0 Å². The molecule has 0 saturated heterocycles. The van der Waals surface area contributed by atoms with E-state index >= 15 is 0 Å². The molecule has 6 heteroatoms. The molecule has 0 amide bonds. The van der Waals surface area contributed by atoms with E-state index in [2.05, 4.69) is 0 Å². The number of aliphatic carboxylic acids is 2. The van der Waals surface area contributed by atoms with Gasteiger partial charge in [0.15, 0.2) is 0 Å². The predicted octanol–water partition coefficient (Wildman–Crippen LogP) is -5.60. The molecule has 0 radical (unpaired) electrons. The molecule has 0 aromatic rings. The Hall–Kier alpha value is 0.135. The van der Waals surface area contributed by atoms with Crippen molar-refractivity contribution in [3.05, 3.63) is 0 Å². The van der Waals surface area contributed by atoms with Gasteiger partial charge in [0.2, 0.25) is 0 Å². The van der Waals surface area contributed by atoms with Gasteiger partial charge in [0.25, 0.3) is 0 Å². The molecule has 0 unspecified atom stereocenters. The summed E-state index contributed by atoms with van der Waals surface area (Å²) in [6, 6.07) is 0. The largest absolute Gasteiger partial charge is 1.00 e. The second-order valence-electron chi connectivity index (χ2n) is 4.07. The molecule has 0 saturated carbocycles. The Kier molecular flexibility index (Phi) is 22.1. The molecule has 0 atom stereocenters. The number of carbonyl (C=O) groups is 2. The van der Waals surface area contributed by atoms with Crippen LogP contribution in [0.1, 0.15) is 64.2 Å². The number of carboxylic acids is 2. The third-order valence-electron chi connectivity index (χ3n) is 2.51. The minimum absolute atomic E-state index is 0. The van der Waals surface area contributed by atoms with Gasteiger partial charge in [0.05, 0.1) is 0 Å². The van der Waals surface area contributed by atoms with E-state index in [4.69, 9.17) is 0 Å². The minimum Gasteiger partial charge on any atom is -0.550 e. The number of hydrogen-bond donors (Lipinski definition) is 0. The van der Waals surface area contributed by atoms with Crippen molar-refractivity contribution >= 4 is 11.9 Å². The first-order valence-corrected chi connectivity index (χ1v) is 6.02. The zero-order valence-electron chi connectivity index (χ0n) is 11.7. The van der Waals surface area contributed by atoms with Crippen LogP contribution in [0.5, 0.6) is 0 Å². The summed E-state index contributed by atoms with van der Waals surface area (Å²) in [5.74, 6) is -1.94. The maximum atomic E-state index is 10.1. The SMILES string of the molecule is O=C([O-])CCCCCCCCCCC(=O)[O-].[Li+].[Li+]. The minimum atomic E-state index is -0.970. The van der Waals surface area contributed by atoms with Crippen LogP contribution in [-0.2, 0) is 9.59 Å². The molecule has 0 aliphatic heterocycles. The molecule has 18 heavy (non-hydrogen) atoms. The van der Waals surface area contributed by atoms with E-state index in [-0.39, 0.29) is 50.6 Å². The van der Waals surface area contributed by atoms with Gasteiger partial charge in [0, 0.05) is 11.9 Å². The number of hydrogen-bond acceptors (Lipinski definition) is 4. The average molecular weight is 242 g/mol. The van der Waals surface area contributed by atoms with Crippen molar-refractivity contribution in [1.82, 2.24) is 0 Å². The molecule has 0 aromatic carbocycles. The second kappa shape index (κ2) is 17.1. The smallest absolute Gasteiger partial charge is 0.550 e. The summed E-state index contributed by atoms with van der Waals surface area (Å²) in [5.41, 5.74) is 0. The summed E-state index contributed by atoms with van der Waals surface area (Å²) >= 11 is 0. The topological polar surface area (TPSA) is 80.3 Å². The molecule has 94 valence electrons. The Morgan fingerprint density at radius 2 is 0.778 bits per heavy atom. The average Bonchev–Trinajstić information content (AvgIpc) is 2.20. The maximum absolute atomic E-state index is 10.1. The van der Waals surface area contributed by atoms with Crippen LogP contribution in [0.4, 0.5) is 0 Å². The molecular formula is C12H20Li2O4. The van der Waals surface area contributed by atoms with Gasteiger partial charge in [-0.15, -0.1) is 0 Å². The van der Waals surface area contributed by atoms with Gasteiger partial charge in [-0.25, -0.2) is 0 Å². The number of unbranched alkanes of at least 4 members (excludes halogenated alkanes) is 7. The Morgan fingerprint density at radius 1 is 0.556 bits per heavy atom. The predicted molar refractivity (Wildman–Crippen MR) is 56.2 cm³/mol. The van der Waals surface area contributed by atoms with E-state index in [1.807, 2.05) is 0 Å². The van der Waals surface area contributed by atoms with E-state index in [1.165, 1.54) is 0 Å². The van der Waals surface area contributed by atoms with Crippen molar-refractivity contribution in [3.63, 3.8) is 0 Å². The first-order chi connectivity index (χ1) is 7.63. The second-order valence-corrected chi connectivity index (χ2v) is 4.07. The Bertz CT molecular complexity index is 188. The standard InChI is InChI=1S/C12H22O4.2Li/c13-11(14)9-7-5-3-1-2-4-6-8-10-12(15)16;;/h1-10H2,(H,13,14)(H,15,16);;/q;2*+1/p-2. The normalized spacial score (nSPS) is 9.11. The fraction of sp³-hybridized carbons (Fsp3) is 0.833. The molecule has 0 aliphatic carbocycles. The van der Waals surface area contributed by atoms with Crippen LogP contribution < -0.4 is 47.9 Å². The van der Waals surface area contributed by atoms with Crippen LogP contribution in [0, 0.1) is 0 Å². The molecule has 0 aliphatic rings. The molecule has 0 N–H and O–H groups in total. The monoisotopic (exact) mass is 242 g/mol. The Morgan fingerprint density at radius 3 is 1.00 bits per heavy atom. The number of rotatable bonds is 11. The van der Waals surface area contributed by atoms with E-state index in [9.17, 15) is 19.8 Å². The summed E-state index contributed by atoms with van der Waals surface area (Å²) in [7, 11) is 0. The summed E-state index contributed by atoms with van der Waals surface area (Å²) in [6.45, 7) is 0. The van der Waals surface area contributed by atoms with Gasteiger partial charge in [-0.05, 0) is 25.7 Å². The number of carboxylic acid groups (broad SMARTS) is 2. The molecular weight excluding hydrogens is 222 g/mol. The first-order valence-electron chi connectivity index (χ1n) is 6.02. The van der Waals surface area contributed by atoms with Gasteiger partial charge < -0.3 is 19.8 Å². The molecule has 4 nitrogen and oxygen atoms in total. The van der Waals surface area contributed by atoms with Crippen molar-refractivity contribution in [2.45, 2.75) is 64.2 Å². The van der Waals surface area contributed by atoms with Crippen molar-refractivity contribution in [2.24, 2.45) is 0 Å². The van der Waals surface area contributed by atoms with Crippen LogP contribution >= 0.6 is 0 Å². The summed E-state index contributed by atoms with van der Waals surface area (Å²) in [4.78, 5) is 20.2. The van der Waals surface area contributed by atoms with Crippen LogP contribution in [-0.4, -0.2) is 11.9 Å². The van der Waals surface area contributed by atoms with E-state index in [0.717, 1.165) is 38.5 Å². The Balaban J connectivity index is -0.00000112. The van der Waals surface area contributed by atoms with Crippen molar-refractivity contribution in [1.29, 1.82) is 0 Å². The van der Waals surface area contributed by atoms with Gasteiger partial charge in [0.1, 0.15) is 0 Å². The first kappa shape index (κ1) is 23.2. The van der Waals surface area contributed by atoms with Gasteiger partial charge in [-0.2, -0.15) is 0 Å². The van der Waals surface area contributed by atoms with Crippen LogP contribution in [0.15, 0.2) is 0 Å². The molecule has 0 heterocycles. The van der Waals surface area contributed by atoms with Crippen LogP contribution in [0.2, 0.25) is 0 Å². The summed E-state index contributed by atoms with van der Waals surface area (Å²) < 4.78 is 0. The van der Waals surface area contributed by atoms with E-state index in [1.54, 1.807) is 0 Å². The zero-order chi connectivity index (χ0) is 12.2. The van der Waals surface area contributed by atoms with Crippen LogP contribution in [0.25, 0.3) is 0 Å². The summed E-state index contributed by atoms with van der Waals surface area (Å²) in [6.07, 6.45) is 7.88. The van der Waals surface area contributed by atoms with Crippen molar-refractivity contribution in [3.8, 4) is 0 Å². The number of carbonyl (C=O) groups excluding carboxylic acids is 2. The fourth-order valence-electron chi connectivity index (χ4n) is 1.60. The fourth-order valence-corrected chi connectivity index (χ4v) is 1.60. The third kappa shape index (κ3) is 21.4. The van der Waals surface area contributed by atoms with Crippen molar-refractivity contribution in [2.75, 3.05) is 0 Å². The van der Waals surface area contributed by atoms with Gasteiger partial charge >= 0.3 is 37.7 Å².